The smallest absolute Gasteiger partial charge is 0.168 e. The van der Waals surface area contributed by atoms with Crippen LogP contribution in [-0.4, -0.2) is 17.3 Å². The lowest BCUT2D eigenvalue weighted by Crippen LogP contribution is -2.13. The van der Waals surface area contributed by atoms with Crippen molar-refractivity contribution in [1.29, 1.82) is 0 Å². The van der Waals surface area contributed by atoms with E-state index in [0.29, 0.717) is 22.1 Å². The minimum absolute atomic E-state index is 0.0795. The summed E-state index contributed by atoms with van der Waals surface area (Å²) >= 11 is 0. The SMILES string of the molecule is COc1c(C(C)(C)C)c(O)c2ccccc2c1O. The highest BCUT2D eigenvalue weighted by Gasteiger charge is 2.28. The summed E-state index contributed by atoms with van der Waals surface area (Å²) in [5.41, 5.74) is 0.304. The van der Waals surface area contributed by atoms with Crippen molar-refractivity contribution in [2.24, 2.45) is 0 Å². The Hall–Kier alpha value is -1.90. The van der Waals surface area contributed by atoms with E-state index in [9.17, 15) is 10.2 Å². The summed E-state index contributed by atoms with van der Waals surface area (Å²) in [6.07, 6.45) is 0. The number of ether oxygens (including phenoxy) is 1. The van der Waals surface area contributed by atoms with Crippen LogP contribution in [0.15, 0.2) is 24.3 Å². The van der Waals surface area contributed by atoms with Crippen molar-refractivity contribution in [3.05, 3.63) is 29.8 Å². The third kappa shape index (κ3) is 1.76. The van der Waals surface area contributed by atoms with Crippen LogP contribution in [0.3, 0.4) is 0 Å². The fourth-order valence-corrected chi connectivity index (χ4v) is 2.27. The summed E-state index contributed by atoms with van der Waals surface area (Å²) < 4.78 is 5.28. The molecule has 0 saturated carbocycles. The monoisotopic (exact) mass is 246 g/mol. The Morgan fingerprint density at radius 1 is 0.944 bits per heavy atom. The number of hydrogen-bond acceptors (Lipinski definition) is 3. The molecule has 18 heavy (non-hydrogen) atoms. The molecule has 0 atom stereocenters. The summed E-state index contributed by atoms with van der Waals surface area (Å²) in [5.74, 6) is 0.599. The molecule has 0 radical (unpaired) electrons. The number of benzene rings is 2. The molecule has 0 spiro atoms. The number of phenols is 2. The van der Waals surface area contributed by atoms with E-state index in [1.807, 2.05) is 32.9 Å². The van der Waals surface area contributed by atoms with Crippen molar-refractivity contribution >= 4 is 10.8 Å². The molecule has 0 aliphatic rings. The molecular weight excluding hydrogens is 228 g/mol. The van der Waals surface area contributed by atoms with Gasteiger partial charge in [0.2, 0.25) is 0 Å². The van der Waals surface area contributed by atoms with Gasteiger partial charge in [0.05, 0.1) is 7.11 Å². The molecular formula is C15H18O3. The van der Waals surface area contributed by atoms with Crippen molar-refractivity contribution < 1.29 is 14.9 Å². The molecule has 0 amide bonds. The second kappa shape index (κ2) is 4.09. The van der Waals surface area contributed by atoms with Crippen LogP contribution in [0, 0.1) is 0 Å². The van der Waals surface area contributed by atoms with E-state index < -0.39 is 0 Å². The highest BCUT2D eigenvalue weighted by atomic mass is 16.5. The lowest BCUT2D eigenvalue weighted by Gasteiger charge is -2.25. The summed E-state index contributed by atoms with van der Waals surface area (Å²) in [6, 6.07) is 7.20. The van der Waals surface area contributed by atoms with E-state index in [2.05, 4.69) is 0 Å². The molecule has 0 unspecified atom stereocenters. The predicted molar refractivity (Wildman–Crippen MR) is 72.5 cm³/mol. The number of hydrogen-bond donors (Lipinski definition) is 2. The normalized spacial score (nSPS) is 11.8. The predicted octanol–water partition coefficient (Wildman–Crippen LogP) is 3.56. The van der Waals surface area contributed by atoms with Gasteiger partial charge in [0.25, 0.3) is 0 Å². The van der Waals surface area contributed by atoms with Gasteiger partial charge in [-0.3, -0.25) is 0 Å². The van der Waals surface area contributed by atoms with Crippen LogP contribution >= 0.6 is 0 Å². The Kier molecular flexibility index (Phi) is 2.85. The Bertz CT molecular complexity index is 595. The van der Waals surface area contributed by atoms with Gasteiger partial charge in [-0.15, -0.1) is 0 Å². The molecule has 0 fully saturated rings. The number of aromatic hydroxyl groups is 2. The average Bonchev–Trinajstić information content (AvgIpc) is 2.32. The fraction of sp³-hybridized carbons (Fsp3) is 0.333. The van der Waals surface area contributed by atoms with Crippen molar-refractivity contribution in [3.8, 4) is 17.2 Å². The maximum Gasteiger partial charge on any atom is 0.168 e. The first-order chi connectivity index (χ1) is 8.38. The summed E-state index contributed by atoms with van der Waals surface area (Å²) in [5, 5.41) is 21.9. The third-order valence-corrected chi connectivity index (χ3v) is 3.07. The quantitative estimate of drug-likeness (QED) is 0.756. The highest BCUT2D eigenvalue weighted by Crippen LogP contribution is 2.49. The topological polar surface area (TPSA) is 49.7 Å². The van der Waals surface area contributed by atoms with Gasteiger partial charge in [-0.05, 0) is 5.41 Å². The van der Waals surface area contributed by atoms with Crippen LogP contribution in [0.1, 0.15) is 26.3 Å². The summed E-state index contributed by atoms with van der Waals surface area (Å²) in [6.45, 7) is 5.91. The van der Waals surface area contributed by atoms with Crippen molar-refractivity contribution in [3.63, 3.8) is 0 Å². The van der Waals surface area contributed by atoms with Crippen molar-refractivity contribution in [1.82, 2.24) is 0 Å². The van der Waals surface area contributed by atoms with Crippen LogP contribution in [0.2, 0.25) is 0 Å². The van der Waals surface area contributed by atoms with Crippen LogP contribution in [-0.2, 0) is 5.41 Å². The van der Waals surface area contributed by atoms with Gasteiger partial charge in [-0.25, -0.2) is 0 Å². The first-order valence-corrected chi connectivity index (χ1v) is 5.89. The highest BCUT2D eigenvalue weighted by molar-refractivity contribution is 5.97. The zero-order valence-corrected chi connectivity index (χ0v) is 11.1. The van der Waals surface area contributed by atoms with E-state index in [4.69, 9.17) is 4.74 Å². The molecule has 96 valence electrons. The van der Waals surface area contributed by atoms with Crippen LogP contribution in [0.4, 0.5) is 0 Å². The Balaban J connectivity index is 2.97. The van der Waals surface area contributed by atoms with Gasteiger partial charge in [0, 0.05) is 16.3 Å². The van der Waals surface area contributed by atoms with Gasteiger partial charge in [0.1, 0.15) is 5.75 Å². The molecule has 0 aliphatic carbocycles. The van der Waals surface area contributed by atoms with Gasteiger partial charge in [0.15, 0.2) is 11.5 Å². The molecule has 0 saturated heterocycles. The van der Waals surface area contributed by atoms with Gasteiger partial charge in [-0.1, -0.05) is 45.0 Å². The van der Waals surface area contributed by atoms with Crippen LogP contribution < -0.4 is 4.74 Å². The lowest BCUT2D eigenvalue weighted by atomic mass is 9.83. The number of phenolic OH excluding ortho intramolecular Hbond substituents is 2. The zero-order valence-electron chi connectivity index (χ0n) is 11.1. The first-order valence-electron chi connectivity index (χ1n) is 5.89. The van der Waals surface area contributed by atoms with Crippen LogP contribution in [0.5, 0.6) is 17.2 Å². The molecule has 0 bridgehead atoms. The minimum Gasteiger partial charge on any atom is -0.507 e. The number of methoxy groups -OCH3 is 1. The largest absolute Gasteiger partial charge is 0.507 e. The second-order valence-electron chi connectivity index (χ2n) is 5.40. The first kappa shape index (κ1) is 12.6. The van der Waals surface area contributed by atoms with Gasteiger partial charge in [-0.2, -0.15) is 0 Å². The fourth-order valence-electron chi connectivity index (χ4n) is 2.27. The molecule has 3 nitrogen and oxygen atoms in total. The molecule has 2 N–H and O–H groups in total. The standard InChI is InChI=1S/C15H18O3/c1-15(2,3)11-12(16)9-7-5-6-8-10(9)13(17)14(11)18-4/h5-8,16-17H,1-4H3. The molecule has 0 aliphatic heterocycles. The third-order valence-electron chi connectivity index (χ3n) is 3.07. The van der Waals surface area contributed by atoms with E-state index >= 15 is 0 Å². The maximum atomic E-state index is 10.4. The second-order valence-corrected chi connectivity index (χ2v) is 5.40. The van der Waals surface area contributed by atoms with E-state index in [-0.39, 0.29) is 16.9 Å². The molecule has 2 rings (SSSR count). The Labute approximate surface area is 107 Å². The molecule has 3 heteroatoms. The molecule has 2 aromatic rings. The van der Waals surface area contributed by atoms with E-state index in [0.717, 1.165) is 0 Å². The summed E-state index contributed by atoms with van der Waals surface area (Å²) in [4.78, 5) is 0. The van der Waals surface area contributed by atoms with Gasteiger partial charge >= 0.3 is 0 Å². The summed E-state index contributed by atoms with van der Waals surface area (Å²) in [7, 11) is 1.50. The average molecular weight is 246 g/mol. The molecule has 0 heterocycles. The lowest BCUT2D eigenvalue weighted by molar-refractivity contribution is 0.354. The van der Waals surface area contributed by atoms with Gasteiger partial charge < -0.3 is 14.9 Å². The van der Waals surface area contributed by atoms with E-state index in [1.54, 1.807) is 12.1 Å². The molecule has 0 aromatic heterocycles. The molecule has 2 aromatic carbocycles. The minimum atomic E-state index is -0.322. The number of rotatable bonds is 1. The van der Waals surface area contributed by atoms with Crippen molar-refractivity contribution in [2.45, 2.75) is 26.2 Å². The maximum absolute atomic E-state index is 10.4. The van der Waals surface area contributed by atoms with Crippen LogP contribution in [0.25, 0.3) is 10.8 Å². The number of fused-ring (bicyclic) bond motifs is 1. The van der Waals surface area contributed by atoms with Crippen molar-refractivity contribution in [2.75, 3.05) is 7.11 Å². The van der Waals surface area contributed by atoms with E-state index in [1.165, 1.54) is 7.11 Å². The zero-order chi connectivity index (χ0) is 13.5. The Morgan fingerprint density at radius 2 is 1.44 bits per heavy atom. The Morgan fingerprint density at radius 3 is 1.89 bits per heavy atom.